The van der Waals surface area contributed by atoms with Crippen LogP contribution in [0.2, 0.25) is 5.02 Å². The molecule has 0 fully saturated rings. The third kappa shape index (κ3) is 3.34. The third-order valence-corrected chi connectivity index (χ3v) is 4.85. The summed E-state index contributed by atoms with van der Waals surface area (Å²) in [7, 11) is -5.83. The molecule has 4 nitrogen and oxygen atoms in total. The maximum Gasteiger partial charge on any atom is 0.534 e. The van der Waals surface area contributed by atoms with Crippen molar-refractivity contribution in [3.63, 3.8) is 0 Å². The molecule has 0 atom stereocenters. The largest absolute Gasteiger partial charge is 0.534 e. The Balaban J connectivity index is 2.33. The van der Waals surface area contributed by atoms with Crippen molar-refractivity contribution in [2.75, 3.05) is 0 Å². The minimum atomic E-state index is -5.83. The van der Waals surface area contributed by atoms with E-state index in [0.717, 1.165) is 0 Å². The van der Waals surface area contributed by atoms with Crippen LogP contribution in [-0.4, -0.2) is 18.9 Å². The minimum absolute atomic E-state index is 0.144. The van der Waals surface area contributed by atoms with Gasteiger partial charge in [-0.25, -0.2) is 0 Å². The molecule has 0 saturated heterocycles. The van der Waals surface area contributed by atoms with Gasteiger partial charge in [-0.1, -0.05) is 29.8 Å². The highest BCUT2D eigenvalue weighted by atomic mass is 35.5. The van der Waals surface area contributed by atoms with Gasteiger partial charge in [0.1, 0.15) is 0 Å². The van der Waals surface area contributed by atoms with E-state index in [1.54, 1.807) is 24.3 Å². The Kier molecular flexibility index (Phi) is 4.58. The van der Waals surface area contributed by atoms with Crippen molar-refractivity contribution in [1.82, 2.24) is 4.98 Å². The normalized spacial score (nSPS) is 12.3. The van der Waals surface area contributed by atoms with Gasteiger partial charge in [0.15, 0.2) is 5.75 Å². The highest BCUT2D eigenvalue weighted by Gasteiger charge is 2.49. The monoisotopic (exact) mass is 401 g/mol. The molecule has 136 valence electrons. The first kappa shape index (κ1) is 18.5. The summed E-state index contributed by atoms with van der Waals surface area (Å²) in [6.07, 6.45) is 1.46. The van der Waals surface area contributed by atoms with E-state index >= 15 is 0 Å². The topological polar surface area (TPSA) is 56.3 Å². The van der Waals surface area contributed by atoms with Crippen LogP contribution in [0.15, 0.2) is 48.7 Å². The summed E-state index contributed by atoms with van der Waals surface area (Å²) in [5, 5.41) is 1.05. The Morgan fingerprint density at radius 2 is 1.77 bits per heavy atom. The first-order valence-electron chi connectivity index (χ1n) is 7.25. The molecule has 0 aliphatic rings. The number of benzene rings is 2. The van der Waals surface area contributed by atoms with Gasteiger partial charge in [-0.15, -0.1) is 0 Å². The molecular formula is C17H11ClF3NO3S. The Morgan fingerprint density at radius 1 is 1.12 bits per heavy atom. The van der Waals surface area contributed by atoms with E-state index < -0.39 is 21.4 Å². The summed E-state index contributed by atoms with van der Waals surface area (Å²) in [5.41, 5.74) is -4.44. The van der Waals surface area contributed by atoms with Gasteiger partial charge in [-0.3, -0.25) is 4.98 Å². The first-order valence-corrected chi connectivity index (χ1v) is 9.04. The average molecular weight is 402 g/mol. The summed E-state index contributed by atoms with van der Waals surface area (Å²) < 4.78 is 66.0. The molecule has 3 aromatic rings. The van der Waals surface area contributed by atoms with Gasteiger partial charge in [0.05, 0.1) is 11.1 Å². The Morgan fingerprint density at radius 3 is 2.38 bits per heavy atom. The fraction of sp³-hybridized carbons (Fsp3) is 0.118. The lowest BCUT2D eigenvalue weighted by Crippen LogP contribution is -2.28. The second-order valence-corrected chi connectivity index (χ2v) is 7.44. The summed E-state index contributed by atoms with van der Waals surface area (Å²) in [5.74, 6) is -0.421. The molecule has 9 heteroatoms. The molecule has 0 aliphatic carbocycles. The van der Waals surface area contributed by atoms with Crippen molar-refractivity contribution in [2.24, 2.45) is 0 Å². The molecule has 1 aromatic heterocycles. The number of pyridine rings is 1. The summed E-state index contributed by atoms with van der Waals surface area (Å²) in [6.45, 7) is 1.47. The highest BCUT2D eigenvalue weighted by molar-refractivity contribution is 7.88. The fourth-order valence-corrected chi connectivity index (χ4v) is 3.15. The van der Waals surface area contributed by atoms with Crippen LogP contribution >= 0.6 is 11.6 Å². The van der Waals surface area contributed by atoms with Gasteiger partial charge in [-0.2, -0.15) is 21.6 Å². The fourth-order valence-electron chi connectivity index (χ4n) is 2.50. The number of fused-ring (bicyclic) bond motifs is 1. The van der Waals surface area contributed by atoms with Gasteiger partial charge in [0, 0.05) is 16.6 Å². The molecule has 0 unspecified atom stereocenters. The van der Waals surface area contributed by atoms with E-state index in [1.807, 2.05) is 0 Å². The zero-order valence-electron chi connectivity index (χ0n) is 13.2. The molecule has 0 spiro atoms. The predicted octanol–water partition coefficient (Wildman–Crippen LogP) is 5.09. The van der Waals surface area contributed by atoms with E-state index in [0.29, 0.717) is 21.5 Å². The number of alkyl halides is 3. The van der Waals surface area contributed by atoms with Gasteiger partial charge in [0.25, 0.3) is 0 Å². The standard InChI is InChI=1S/C17H11ClF3NO3S/c1-10-9-12-3-2-8-22-15(12)14(11-4-6-13(18)7-5-11)16(10)25-26(23,24)17(19,20)21/h2-9H,1H3. The second-order valence-electron chi connectivity index (χ2n) is 5.46. The number of aromatic nitrogens is 1. The van der Waals surface area contributed by atoms with E-state index in [9.17, 15) is 21.6 Å². The zero-order valence-corrected chi connectivity index (χ0v) is 14.8. The number of hydrogen-bond acceptors (Lipinski definition) is 4. The second kappa shape index (κ2) is 6.44. The van der Waals surface area contributed by atoms with Crippen LogP contribution in [-0.2, 0) is 10.1 Å². The molecule has 0 bridgehead atoms. The lowest BCUT2D eigenvalue weighted by Gasteiger charge is -2.17. The smallest absolute Gasteiger partial charge is 0.375 e. The molecule has 0 saturated carbocycles. The first-order chi connectivity index (χ1) is 12.1. The van der Waals surface area contributed by atoms with E-state index in [4.69, 9.17) is 11.6 Å². The number of rotatable bonds is 3. The number of nitrogens with zero attached hydrogens (tertiary/aromatic N) is 1. The van der Waals surface area contributed by atoms with Crippen LogP contribution in [0.5, 0.6) is 5.75 Å². The Hall–Kier alpha value is -2.32. The SMILES string of the molecule is Cc1cc2cccnc2c(-c2ccc(Cl)cc2)c1OS(=O)(=O)C(F)(F)F. The van der Waals surface area contributed by atoms with Gasteiger partial charge in [-0.05, 0) is 42.3 Å². The quantitative estimate of drug-likeness (QED) is 0.453. The molecule has 3 rings (SSSR count). The van der Waals surface area contributed by atoms with Crippen LogP contribution in [0.25, 0.3) is 22.0 Å². The van der Waals surface area contributed by atoms with Crippen LogP contribution in [0.4, 0.5) is 13.2 Å². The summed E-state index contributed by atoms with van der Waals surface area (Å²) >= 11 is 5.86. The molecular weight excluding hydrogens is 391 g/mol. The van der Waals surface area contributed by atoms with Crippen molar-refractivity contribution >= 4 is 32.6 Å². The molecule has 0 radical (unpaired) electrons. The molecule has 1 heterocycles. The minimum Gasteiger partial charge on any atom is -0.375 e. The highest BCUT2D eigenvalue weighted by Crippen LogP contribution is 2.41. The number of aryl methyl sites for hydroxylation is 1. The predicted molar refractivity (Wildman–Crippen MR) is 92.5 cm³/mol. The van der Waals surface area contributed by atoms with E-state index in [-0.39, 0.29) is 11.1 Å². The Labute approximate surface area is 152 Å². The summed E-state index contributed by atoms with van der Waals surface area (Å²) in [6, 6.07) is 11.1. The Bertz CT molecular complexity index is 1080. The van der Waals surface area contributed by atoms with Crippen molar-refractivity contribution in [3.05, 3.63) is 59.2 Å². The van der Waals surface area contributed by atoms with Crippen LogP contribution in [0, 0.1) is 6.92 Å². The van der Waals surface area contributed by atoms with E-state index in [2.05, 4.69) is 9.17 Å². The molecule has 26 heavy (non-hydrogen) atoms. The number of halogens is 4. The molecule has 0 N–H and O–H groups in total. The molecule has 0 aliphatic heterocycles. The summed E-state index contributed by atoms with van der Waals surface area (Å²) in [4.78, 5) is 4.18. The zero-order chi connectivity index (χ0) is 19.1. The third-order valence-electron chi connectivity index (χ3n) is 3.64. The van der Waals surface area contributed by atoms with Gasteiger partial charge in [0.2, 0.25) is 0 Å². The lowest BCUT2D eigenvalue weighted by atomic mass is 9.98. The van der Waals surface area contributed by atoms with Gasteiger partial charge >= 0.3 is 15.6 Å². The van der Waals surface area contributed by atoms with Crippen LogP contribution in [0.3, 0.4) is 0 Å². The average Bonchev–Trinajstić information content (AvgIpc) is 2.55. The maximum atomic E-state index is 12.8. The van der Waals surface area contributed by atoms with Crippen LogP contribution in [0.1, 0.15) is 5.56 Å². The number of hydrogen-bond donors (Lipinski definition) is 0. The van der Waals surface area contributed by atoms with Crippen molar-refractivity contribution in [2.45, 2.75) is 12.4 Å². The molecule has 0 amide bonds. The van der Waals surface area contributed by atoms with Gasteiger partial charge < -0.3 is 4.18 Å². The molecule has 2 aromatic carbocycles. The van der Waals surface area contributed by atoms with Crippen LogP contribution < -0.4 is 4.18 Å². The maximum absolute atomic E-state index is 12.8. The van der Waals surface area contributed by atoms with Crippen molar-refractivity contribution in [1.29, 1.82) is 0 Å². The van der Waals surface area contributed by atoms with Crippen molar-refractivity contribution in [3.8, 4) is 16.9 Å². The lowest BCUT2D eigenvalue weighted by molar-refractivity contribution is -0.0500. The van der Waals surface area contributed by atoms with E-state index in [1.165, 1.54) is 31.3 Å². The van der Waals surface area contributed by atoms with Crippen molar-refractivity contribution < 1.29 is 25.8 Å².